The summed E-state index contributed by atoms with van der Waals surface area (Å²) in [6, 6.07) is 17.0. The van der Waals surface area contributed by atoms with Gasteiger partial charge in [0, 0.05) is 10.1 Å². The molecule has 0 bridgehead atoms. The van der Waals surface area contributed by atoms with Gasteiger partial charge in [0.1, 0.15) is 12.4 Å². The molecule has 2 aromatic rings. The van der Waals surface area contributed by atoms with Gasteiger partial charge in [0.2, 0.25) is 0 Å². The summed E-state index contributed by atoms with van der Waals surface area (Å²) in [7, 11) is 0. The minimum Gasteiger partial charge on any atom is -0.489 e. The molecular formula is C19H22INO. The van der Waals surface area contributed by atoms with Crippen molar-refractivity contribution >= 4 is 22.6 Å². The van der Waals surface area contributed by atoms with Crippen LogP contribution >= 0.6 is 22.6 Å². The first-order valence-corrected chi connectivity index (χ1v) is 9.06. The van der Waals surface area contributed by atoms with E-state index in [1.165, 1.54) is 47.0 Å². The van der Waals surface area contributed by atoms with Crippen LogP contribution in [0, 0.1) is 3.57 Å². The van der Waals surface area contributed by atoms with E-state index in [1.54, 1.807) is 0 Å². The number of nitrogens with zero attached hydrogens (tertiary/aromatic N) is 1. The number of halogens is 1. The molecule has 0 atom stereocenters. The summed E-state index contributed by atoms with van der Waals surface area (Å²) >= 11 is 2.30. The molecule has 0 saturated carbocycles. The molecule has 116 valence electrons. The van der Waals surface area contributed by atoms with Crippen LogP contribution in [0.15, 0.2) is 48.5 Å². The first-order valence-electron chi connectivity index (χ1n) is 7.98. The van der Waals surface area contributed by atoms with Crippen LogP contribution in [0.5, 0.6) is 5.75 Å². The first kappa shape index (κ1) is 15.8. The Morgan fingerprint density at radius 2 is 1.45 bits per heavy atom. The average Bonchev–Trinajstić information content (AvgIpc) is 2.57. The molecule has 1 saturated heterocycles. The summed E-state index contributed by atoms with van der Waals surface area (Å²) in [6.07, 6.45) is 4.09. The number of rotatable bonds is 5. The highest BCUT2D eigenvalue weighted by molar-refractivity contribution is 14.1. The van der Waals surface area contributed by atoms with Gasteiger partial charge in [0.15, 0.2) is 0 Å². The van der Waals surface area contributed by atoms with Crippen molar-refractivity contribution in [3.8, 4) is 5.75 Å². The molecule has 0 unspecified atom stereocenters. The molecule has 0 N–H and O–H groups in total. The van der Waals surface area contributed by atoms with Crippen LogP contribution in [0.4, 0.5) is 0 Å². The van der Waals surface area contributed by atoms with Crippen molar-refractivity contribution < 1.29 is 4.74 Å². The van der Waals surface area contributed by atoms with E-state index in [9.17, 15) is 0 Å². The Labute approximate surface area is 146 Å². The summed E-state index contributed by atoms with van der Waals surface area (Å²) in [4.78, 5) is 2.56. The lowest BCUT2D eigenvalue weighted by atomic mass is 10.1. The number of hydrogen-bond donors (Lipinski definition) is 0. The van der Waals surface area contributed by atoms with E-state index in [2.05, 4.69) is 63.9 Å². The second kappa shape index (κ2) is 7.97. The minimum absolute atomic E-state index is 0.630. The van der Waals surface area contributed by atoms with Crippen LogP contribution < -0.4 is 4.74 Å². The Balaban J connectivity index is 1.51. The van der Waals surface area contributed by atoms with E-state index in [1.807, 2.05) is 12.1 Å². The van der Waals surface area contributed by atoms with Gasteiger partial charge >= 0.3 is 0 Å². The van der Waals surface area contributed by atoms with Crippen LogP contribution in [0.3, 0.4) is 0 Å². The number of hydrogen-bond acceptors (Lipinski definition) is 2. The van der Waals surface area contributed by atoms with E-state index in [4.69, 9.17) is 4.74 Å². The molecule has 3 rings (SSSR count). The van der Waals surface area contributed by atoms with Crippen molar-refractivity contribution in [1.82, 2.24) is 4.90 Å². The fourth-order valence-corrected chi connectivity index (χ4v) is 3.17. The average molecular weight is 407 g/mol. The number of likely N-dealkylation sites (tertiary alicyclic amines) is 1. The van der Waals surface area contributed by atoms with Crippen LogP contribution in [0.2, 0.25) is 0 Å². The predicted molar refractivity (Wildman–Crippen MR) is 99.1 cm³/mol. The smallest absolute Gasteiger partial charge is 0.119 e. The van der Waals surface area contributed by atoms with Crippen molar-refractivity contribution in [3.05, 3.63) is 63.2 Å². The van der Waals surface area contributed by atoms with E-state index < -0.39 is 0 Å². The largest absolute Gasteiger partial charge is 0.489 e. The summed E-state index contributed by atoms with van der Waals surface area (Å²) in [5, 5.41) is 0. The number of piperidine rings is 1. The second-order valence-corrected chi connectivity index (χ2v) is 7.14. The third-order valence-electron chi connectivity index (χ3n) is 4.10. The first-order chi connectivity index (χ1) is 10.8. The predicted octanol–water partition coefficient (Wildman–Crippen LogP) is 4.86. The molecule has 2 aromatic carbocycles. The quantitative estimate of drug-likeness (QED) is 0.657. The Morgan fingerprint density at radius 3 is 2.14 bits per heavy atom. The van der Waals surface area contributed by atoms with Gasteiger partial charge < -0.3 is 4.74 Å². The number of ether oxygens (including phenoxy) is 1. The maximum absolute atomic E-state index is 5.82. The van der Waals surface area contributed by atoms with Gasteiger partial charge in [-0.15, -0.1) is 0 Å². The van der Waals surface area contributed by atoms with Gasteiger partial charge in [-0.3, -0.25) is 4.90 Å². The Morgan fingerprint density at radius 1 is 0.818 bits per heavy atom. The fourth-order valence-electron chi connectivity index (χ4n) is 2.81. The molecule has 1 heterocycles. The highest BCUT2D eigenvalue weighted by atomic mass is 127. The monoisotopic (exact) mass is 407 g/mol. The second-order valence-electron chi connectivity index (χ2n) is 5.90. The lowest BCUT2D eigenvalue weighted by Crippen LogP contribution is -2.29. The molecule has 0 amide bonds. The molecule has 22 heavy (non-hydrogen) atoms. The van der Waals surface area contributed by atoms with Gasteiger partial charge in [-0.25, -0.2) is 0 Å². The molecular weight excluding hydrogens is 385 g/mol. The number of benzene rings is 2. The maximum atomic E-state index is 5.82. The standard InChI is InChI=1S/C19H22INO/c20-18-8-10-19(11-9-18)22-15-17-6-4-16(5-7-17)14-21-12-2-1-3-13-21/h4-11H,1-3,12-15H2. The molecule has 1 fully saturated rings. The van der Waals surface area contributed by atoms with Gasteiger partial charge in [0.25, 0.3) is 0 Å². The molecule has 2 nitrogen and oxygen atoms in total. The summed E-state index contributed by atoms with van der Waals surface area (Å²) < 4.78 is 7.05. The van der Waals surface area contributed by atoms with E-state index in [-0.39, 0.29) is 0 Å². The summed E-state index contributed by atoms with van der Waals surface area (Å²) in [6.45, 7) is 4.21. The highest BCUT2D eigenvalue weighted by Gasteiger charge is 2.10. The zero-order chi connectivity index (χ0) is 15.2. The topological polar surface area (TPSA) is 12.5 Å². The molecule has 3 heteroatoms. The van der Waals surface area contributed by atoms with E-state index in [0.29, 0.717) is 6.61 Å². The minimum atomic E-state index is 0.630. The van der Waals surface area contributed by atoms with Gasteiger partial charge in [-0.1, -0.05) is 30.7 Å². The van der Waals surface area contributed by atoms with Crippen molar-refractivity contribution in [2.24, 2.45) is 0 Å². The lowest BCUT2D eigenvalue weighted by Gasteiger charge is -2.26. The van der Waals surface area contributed by atoms with Gasteiger partial charge in [-0.2, -0.15) is 0 Å². The molecule has 0 spiro atoms. The SMILES string of the molecule is Ic1ccc(OCc2ccc(CN3CCCCC3)cc2)cc1. The normalized spacial score (nSPS) is 15.7. The summed E-state index contributed by atoms with van der Waals surface area (Å²) in [5.41, 5.74) is 2.63. The highest BCUT2D eigenvalue weighted by Crippen LogP contribution is 2.17. The van der Waals surface area contributed by atoms with Crippen LogP contribution in [-0.2, 0) is 13.2 Å². The van der Waals surface area contributed by atoms with Crippen molar-refractivity contribution in [2.75, 3.05) is 13.1 Å². The molecule has 0 radical (unpaired) electrons. The lowest BCUT2D eigenvalue weighted by molar-refractivity contribution is 0.221. The maximum Gasteiger partial charge on any atom is 0.119 e. The van der Waals surface area contributed by atoms with Crippen molar-refractivity contribution in [1.29, 1.82) is 0 Å². The zero-order valence-corrected chi connectivity index (χ0v) is 15.0. The molecule has 0 aliphatic carbocycles. The van der Waals surface area contributed by atoms with Crippen molar-refractivity contribution in [3.63, 3.8) is 0 Å². The Kier molecular flexibility index (Phi) is 5.73. The Hall–Kier alpha value is -1.07. The fraction of sp³-hybridized carbons (Fsp3) is 0.368. The van der Waals surface area contributed by atoms with Crippen LogP contribution in [0.25, 0.3) is 0 Å². The zero-order valence-electron chi connectivity index (χ0n) is 12.8. The molecule has 1 aliphatic rings. The van der Waals surface area contributed by atoms with E-state index >= 15 is 0 Å². The third kappa shape index (κ3) is 4.71. The van der Waals surface area contributed by atoms with Gasteiger partial charge in [-0.05, 0) is 83.9 Å². The van der Waals surface area contributed by atoms with Crippen molar-refractivity contribution in [2.45, 2.75) is 32.4 Å². The van der Waals surface area contributed by atoms with Crippen LogP contribution in [-0.4, -0.2) is 18.0 Å². The Bertz CT molecular complexity index is 573. The van der Waals surface area contributed by atoms with E-state index in [0.717, 1.165) is 12.3 Å². The molecule has 0 aromatic heterocycles. The van der Waals surface area contributed by atoms with Crippen LogP contribution in [0.1, 0.15) is 30.4 Å². The van der Waals surface area contributed by atoms with Gasteiger partial charge in [0.05, 0.1) is 0 Å². The third-order valence-corrected chi connectivity index (χ3v) is 4.82. The summed E-state index contributed by atoms with van der Waals surface area (Å²) in [5.74, 6) is 0.929. The molecule has 1 aliphatic heterocycles.